The standard InChI is InChI=1S/C14H12FNO4S/c1-21(19,20)11-5-2-9(3-6-11)14(18)16-13-7-4-10(17)8-12(13)15/h2-8,17H,1H3,(H,16,18). The second-order valence-corrected chi connectivity index (χ2v) is 6.43. The predicted octanol–water partition coefficient (Wildman–Crippen LogP) is 2.19. The first-order valence-electron chi connectivity index (χ1n) is 5.87. The quantitative estimate of drug-likeness (QED) is 0.851. The molecule has 0 aromatic heterocycles. The van der Waals surface area contributed by atoms with Crippen molar-refractivity contribution in [2.24, 2.45) is 0 Å². The van der Waals surface area contributed by atoms with E-state index in [1.54, 1.807) is 0 Å². The highest BCUT2D eigenvalue weighted by Crippen LogP contribution is 2.20. The summed E-state index contributed by atoms with van der Waals surface area (Å²) >= 11 is 0. The zero-order valence-electron chi connectivity index (χ0n) is 11.0. The summed E-state index contributed by atoms with van der Waals surface area (Å²) in [7, 11) is -3.34. The summed E-state index contributed by atoms with van der Waals surface area (Å²) in [6, 6.07) is 8.63. The Bertz CT molecular complexity index is 785. The molecule has 0 spiro atoms. The summed E-state index contributed by atoms with van der Waals surface area (Å²) in [5.74, 6) is -1.60. The Balaban J connectivity index is 2.21. The van der Waals surface area contributed by atoms with E-state index in [4.69, 9.17) is 5.11 Å². The van der Waals surface area contributed by atoms with Crippen molar-refractivity contribution in [3.8, 4) is 5.75 Å². The summed E-state index contributed by atoms with van der Waals surface area (Å²) in [4.78, 5) is 12.0. The highest BCUT2D eigenvalue weighted by molar-refractivity contribution is 7.90. The van der Waals surface area contributed by atoms with Crippen molar-refractivity contribution in [3.05, 3.63) is 53.8 Å². The minimum Gasteiger partial charge on any atom is -0.508 e. The zero-order chi connectivity index (χ0) is 15.6. The van der Waals surface area contributed by atoms with Crippen LogP contribution in [-0.4, -0.2) is 25.7 Å². The topological polar surface area (TPSA) is 83.5 Å². The third-order valence-corrected chi connectivity index (χ3v) is 3.87. The molecule has 2 N–H and O–H groups in total. The molecule has 1 amide bonds. The lowest BCUT2D eigenvalue weighted by Gasteiger charge is -2.07. The maximum absolute atomic E-state index is 13.5. The number of amides is 1. The number of hydrogen-bond acceptors (Lipinski definition) is 4. The average Bonchev–Trinajstić information content (AvgIpc) is 2.41. The first kappa shape index (κ1) is 15.0. The number of benzene rings is 2. The Morgan fingerprint density at radius 1 is 1.14 bits per heavy atom. The van der Waals surface area contributed by atoms with E-state index < -0.39 is 21.6 Å². The molecule has 21 heavy (non-hydrogen) atoms. The molecule has 7 heteroatoms. The summed E-state index contributed by atoms with van der Waals surface area (Å²) in [6.45, 7) is 0. The average molecular weight is 309 g/mol. The summed E-state index contributed by atoms with van der Waals surface area (Å²) < 4.78 is 36.1. The third kappa shape index (κ3) is 3.57. The minimum atomic E-state index is -3.34. The van der Waals surface area contributed by atoms with Crippen molar-refractivity contribution >= 4 is 21.4 Å². The van der Waals surface area contributed by atoms with Crippen LogP contribution < -0.4 is 5.32 Å². The summed E-state index contributed by atoms with van der Waals surface area (Å²) in [5, 5.41) is 11.4. The highest BCUT2D eigenvalue weighted by Gasteiger charge is 2.12. The van der Waals surface area contributed by atoms with Crippen molar-refractivity contribution in [1.29, 1.82) is 0 Å². The van der Waals surface area contributed by atoms with Crippen LogP contribution >= 0.6 is 0 Å². The highest BCUT2D eigenvalue weighted by atomic mass is 32.2. The van der Waals surface area contributed by atoms with E-state index in [9.17, 15) is 17.6 Å². The van der Waals surface area contributed by atoms with Crippen LogP contribution in [0.15, 0.2) is 47.4 Å². The van der Waals surface area contributed by atoms with Gasteiger partial charge in [-0.2, -0.15) is 0 Å². The number of carbonyl (C=O) groups is 1. The van der Waals surface area contributed by atoms with E-state index >= 15 is 0 Å². The van der Waals surface area contributed by atoms with Crippen LogP contribution in [-0.2, 0) is 9.84 Å². The molecule has 0 aliphatic heterocycles. The van der Waals surface area contributed by atoms with Crippen LogP contribution in [0.25, 0.3) is 0 Å². The SMILES string of the molecule is CS(=O)(=O)c1ccc(C(=O)Nc2ccc(O)cc2F)cc1. The van der Waals surface area contributed by atoms with Crippen LogP contribution in [0, 0.1) is 5.82 Å². The Hall–Kier alpha value is -2.41. The van der Waals surface area contributed by atoms with E-state index in [2.05, 4.69) is 5.32 Å². The van der Waals surface area contributed by atoms with E-state index in [-0.39, 0.29) is 21.9 Å². The van der Waals surface area contributed by atoms with Gasteiger partial charge in [0.1, 0.15) is 11.6 Å². The van der Waals surface area contributed by atoms with Gasteiger partial charge in [-0.15, -0.1) is 0 Å². The van der Waals surface area contributed by atoms with Crippen LogP contribution in [0.3, 0.4) is 0 Å². The number of anilines is 1. The number of phenolic OH excluding ortho intramolecular Hbond substituents is 1. The second-order valence-electron chi connectivity index (χ2n) is 4.41. The first-order valence-corrected chi connectivity index (χ1v) is 7.76. The van der Waals surface area contributed by atoms with Crippen molar-refractivity contribution in [2.45, 2.75) is 4.90 Å². The number of phenols is 1. The number of sulfone groups is 1. The van der Waals surface area contributed by atoms with Crippen LogP contribution in [0.2, 0.25) is 0 Å². The normalized spacial score (nSPS) is 11.1. The van der Waals surface area contributed by atoms with Crippen LogP contribution in [0.5, 0.6) is 5.75 Å². The molecule has 0 atom stereocenters. The van der Waals surface area contributed by atoms with Gasteiger partial charge in [0.05, 0.1) is 10.6 Å². The van der Waals surface area contributed by atoms with Gasteiger partial charge in [-0.1, -0.05) is 0 Å². The predicted molar refractivity (Wildman–Crippen MR) is 75.6 cm³/mol. The smallest absolute Gasteiger partial charge is 0.255 e. The van der Waals surface area contributed by atoms with Gasteiger partial charge in [0.25, 0.3) is 5.91 Å². The molecule has 0 bridgehead atoms. The second kappa shape index (κ2) is 5.53. The van der Waals surface area contributed by atoms with E-state index in [0.717, 1.165) is 12.3 Å². The largest absolute Gasteiger partial charge is 0.508 e. The number of aromatic hydroxyl groups is 1. The number of carbonyl (C=O) groups excluding carboxylic acids is 1. The summed E-state index contributed by atoms with van der Waals surface area (Å²) in [5.41, 5.74) is 0.111. The molecule has 0 saturated heterocycles. The zero-order valence-corrected chi connectivity index (χ0v) is 11.8. The van der Waals surface area contributed by atoms with Gasteiger partial charge >= 0.3 is 0 Å². The van der Waals surface area contributed by atoms with E-state index in [0.29, 0.717) is 0 Å². The molecule has 0 aliphatic rings. The monoisotopic (exact) mass is 309 g/mol. The molecule has 5 nitrogen and oxygen atoms in total. The van der Waals surface area contributed by atoms with Crippen LogP contribution in [0.4, 0.5) is 10.1 Å². The molecular formula is C14H12FNO4S. The third-order valence-electron chi connectivity index (χ3n) is 2.75. The lowest BCUT2D eigenvalue weighted by atomic mass is 10.2. The van der Waals surface area contributed by atoms with E-state index in [1.807, 2.05) is 0 Å². The molecule has 2 aromatic rings. The molecule has 0 radical (unpaired) electrons. The molecular weight excluding hydrogens is 297 g/mol. The fraction of sp³-hybridized carbons (Fsp3) is 0.0714. The molecule has 0 aliphatic carbocycles. The molecule has 2 rings (SSSR count). The van der Waals surface area contributed by atoms with Gasteiger partial charge in [0.15, 0.2) is 9.84 Å². The molecule has 2 aromatic carbocycles. The van der Waals surface area contributed by atoms with Crippen molar-refractivity contribution < 1.29 is 22.7 Å². The Morgan fingerprint density at radius 3 is 2.29 bits per heavy atom. The van der Waals surface area contributed by atoms with E-state index in [1.165, 1.54) is 36.4 Å². The minimum absolute atomic E-state index is 0.0787. The molecule has 0 unspecified atom stereocenters. The van der Waals surface area contributed by atoms with Crippen molar-refractivity contribution in [3.63, 3.8) is 0 Å². The lowest BCUT2D eigenvalue weighted by Crippen LogP contribution is -2.13. The van der Waals surface area contributed by atoms with Crippen molar-refractivity contribution in [1.82, 2.24) is 0 Å². The Morgan fingerprint density at radius 2 is 1.76 bits per heavy atom. The number of rotatable bonds is 3. The summed E-state index contributed by atoms with van der Waals surface area (Å²) in [6.07, 6.45) is 1.06. The maximum Gasteiger partial charge on any atom is 0.255 e. The van der Waals surface area contributed by atoms with Gasteiger partial charge < -0.3 is 10.4 Å². The van der Waals surface area contributed by atoms with Gasteiger partial charge in [0.2, 0.25) is 0 Å². The number of nitrogens with one attached hydrogen (secondary N) is 1. The fourth-order valence-electron chi connectivity index (χ4n) is 1.65. The number of hydrogen-bond donors (Lipinski definition) is 2. The maximum atomic E-state index is 13.5. The lowest BCUT2D eigenvalue weighted by molar-refractivity contribution is 0.102. The Labute approximate surface area is 121 Å². The molecule has 110 valence electrons. The van der Waals surface area contributed by atoms with Gasteiger partial charge in [-0.05, 0) is 36.4 Å². The first-order chi connectivity index (χ1) is 9.77. The Kier molecular flexibility index (Phi) is 3.95. The fourth-order valence-corrected chi connectivity index (χ4v) is 2.28. The molecule has 0 saturated carbocycles. The molecule has 0 fully saturated rings. The van der Waals surface area contributed by atoms with Gasteiger partial charge in [-0.3, -0.25) is 4.79 Å². The van der Waals surface area contributed by atoms with Crippen LogP contribution in [0.1, 0.15) is 10.4 Å². The van der Waals surface area contributed by atoms with Gasteiger partial charge in [0, 0.05) is 17.9 Å². The molecule has 0 heterocycles. The number of halogens is 1. The van der Waals surface area contributed by atoms with Gasteiger partial charge in [-0.25, -0.2) is 12.8 Å². The van der Waals surface area contributed by atoms with Crippen molar-refractivity contribution in [2.75, 3.05) is 11.6 Å².